The van der Waals surface area contributed by atoms with Gasteiger partial charge >= 0.3 is 5.97 Å². The summed E-state index contributed by atoms with van der Waals surface area (Å²) in [6, 6.07) is 30.8. The first-order valence-corrected chi connectivity index (χ1v) is 10.4. The molecule has 0 aromatic heterocycles. The summed E-state index contributed by atoms with van der Waals surface area (Å²) in [6.07, 6.45) is 0.300. The zero-order chi connectivity index (χ0) is 18.2. The Hall–Kier alpha value is -2.19. The fourth-order valence-corrected chi connectivity index (χ4v) is 7.10. The molecule has 3 nitrogen and oxygen atoms in total. The van der Waals surface area contributed by atoms with Crippen LogP contribution >= 0.6 is 19.7 Å². The lowest BCUT2D eigenvalue weighted by Gasteiger charge is -2.37. The Morgan fingerprint density at radius 2 is 1.11 bits per heavy atom. The maximum absolute atomic E-state index is 12.7. The number of carbonyl (C=O) groups excluding carboxylic acids is 1. The van der Waals surface area contributed by atoms with E-state index >= 15 is 0 Å². The van der Waals surface area contributed by atoms with Gasteiger partial charge in [0.15, 0.2) is 6.79 Å². The summed E-state index contributed by atoms with van der Waals surface area (Å²) in [7, 11) is -0.665. The number of halogens is 1. The molecule has 0 spiro atoms. The highest BCUT2D eigenvalue weighted by Crippen LogP contribution is 2.55. The molecule has 0 aliphatic heterocycles. The molecule has 3 aromatic carbocycles. The van der Waals surface area contributed by atoms with E-state index in [1.54, 1.807) is 0 Å². The van der Waals surface area contributed by atoms with Gasteiger partial charge in [-0.05, 0) is 23.2 Å². The fraction of sp³-hybridized carbons (Fsp3) is 0.136. The summed E-state index contributed by atoms with van der Waals surface area (Å²) in [5.41, 5.74) is 0. The monoisotopic (exact) mass is 401 g/mol. The van der Waals surface area contributed by atoms with Crippen molar-refractivity contribution in [1.29, 1.82) is 0 Å². The minimum absolute atomic E-state index is 0. The van der Waals surface area contributed by atoms with Crippen molar-refractivity contribution in [1.82, 2.24) is 0 Å². The van der Waals surface area contributed by atoms with E-state index in [2.05, 4.69) is 36.4 Å². The number of carbonyl (C=O) groups is 1. The first kappa shape index (κ1) is 21.1. The molecule has 5 heteroatoms. The third-order valence-electron chi connectivity index (χ3n) is 4.29. The predicted molar refractivity (Wildman–Crippen MR) is 115 cm³/mol. The van der Waals surface area contributed by atoms with Gasteiger partial charge in [-0.1, -0.05) is 91.0 Å². The number of benzene rings is 3. The molecule has 141 valence electrons. The van der Waals surface area contributed by atoms with Crippen molar-refractivity contribution in [3.8, 4) is 0 Å². The molecule has 1 radical (unpaired) electrons. The van der Waals surface area contributed by atoms with Gasteiger partial charge in [0.1, 0.15) is 0 Å². The largest absolute Gasteiger partial charge is 0.438 e. The van der Waals surface area contributed by atoms with Crippen molar-refractivity contribution >= 4 is 41.6 Å². The molecule has 0 aliphatic rings. The SMILES string of the molecule is COCOC(=O)C[P](c1ccccc1)(c1ccccc1)c1ccccc1.Cl. The lowest BCUT2D eigenvalue weighted by Crippen LogP contribution is -2.36. The van der Waals surface area contributed by atoms with Crippen molar-refractivity contribution in [3.05, 3.63) is 91.0 Å². The highest BCUT2D eigenvalue weighted by atomic mass is 35.5. The van der Waals surface area contributed by atoms with Crippen LogP contribution in [0.1, 0.15) is 0 Å². The van der Waals surface area contributed by atoms with Gasteiger partial charge in [-0.15, -0.1) is 12.4 Å². The summed E-state index contributed by atoms with van der Waals surface area (Å²) in [6.45, 7) is -0.0306. The predicted octanol–water partition coefficient (Wildman–Crippen LogP) is 3.55. The molecular weight excluding hydrogens is 379 g/mol. The van der Waals surface area contributed by atoms with Crippen LogP contribution in [-0.2, 0) is 14.3 Å². The molecule has 0 atom stereocenters. The normalized spacial score (nSPS) is 10.7. The van der Waals surface area contributed by atoms with E-state index in [-0.39, 0.29) is 25.2 Å². The summed E-state index contributed by atoms with van der Waals surface area (Å²) in [5.74, 6) is -0.253. The molecule has 0 saturated carbocycles. The second-order valence-electron chi connectivity index (χ2n) is 5.90. The van der Waals surface area contributed by atoms with E-state index in [9.17, 15) is 4.79 Å². The van der Waals surface area contributed by atoms with E-state index in [0.29, 0.717) is 6.16 Å². The maximum Gasteiger partial charge on any atom is 0.312 e. The van der Waals surface area contributed by atoms with Gasteiger partial charge in [-0.2, -0.15) is 0 Å². The third-order valence-corrected chi connectivity index (χ3v) is 8.57. The van der Waals surface area contributed by atoms with E-state index in [4.69, 9.17) is 9.47 Å². The summed E-state index contributed by atoms with van der Waals surface area (Å²) >= 11 is 0. The van der Waals surface area contributed by atoms with Crippen molar-refractivity contribution in [2.24, 2.45) is 0 Å². The van der Waals surface area contributed by atoms with Gasteiger partial charge in [0.2, 0.25) is 0 Å². The maximum atomic E-state index is 12.7. The van der Waals surface area contributed by atoms with Crippen LogP contribution in [0.5, 0.6) is 0 Å². The summed E-state index contributed by atoms with van der Waals surface area (Å²) in [5, 5.41) is 3.48. The molecular formula is C22H23ClO3P. The molecule has 3 rings (SSSR count). The van der Waals surface area contributed by atoms with Gasteiger partial charge in [0.25, 0.3) is 0 Å². The standard InChI is InChI=1S/C22H22O3P.ClH/c1-24-18-25-22(23)17-26(19-11-5-2-6-12-19,20-13-7-3-8-14-20)21-15-9-4-10-16-21;/h2-16H,17-18H2,1H3;1H. The van der Waals surface area contributed by atoms with Crippen molar-refractivity contribution < 1.29 is 14.3 Å². The topological polar surface area (TPSA) is 35.5 Å². The van der Waals surface area contributed by atoms with Crippen LogP contribution in [0.25, 0.3) is 0 Å². The highest BCUT2D eigenvalue weighted by Gasteiger charge is 2.36. The molecule has 0 saturated heterocycles. The van der Waals surface area contributed by atoms with E-state index < -0.39 is 7.26 Å². The number of rotatable bonds is 7. The number of hydrogen-bond acceptors (Lipinski definition) is 3. The fourth-order valence-electron chi connectivity index (χ4n) is 3.13. The number of hydrogen-bond donors (Lipinski definition) is 0. The molecule has 0 fully saturated rings. The Labute approximate surface area is 167 Å². The van der Waals surface area contributed by atoms with Gasteiger partial charge in [0.05, 0.1) is 6.16 Å². The van der Waals surface area contributed by atoms with Gasteiger partial charge in [0, 0.05) is 7.11 Å². The van der Waals surface area contributed by atoms with Crippen LogP contribution in [0.4, 0.5) is 0 Å². The Morgan fingerprint density at radius 3 is 1.44 bits per heavy atom. The van der Waals surface area contributed by atoms with Crippen LogP contribution in [0.15, 0.2) is 91.0 Å². The average molecular weight is 402 g/mol. The second kappa shape index (κ2) is 10.2. The van der Waals surface area contributed by atoms with E-state index in [0.717, 1.165) is 15.9 Å². The molecule has 0 amide bonds. The van der Waals surface area contributed by atoms with Crippen molar-refractivity contribution in [3.63, 3.8) is 0 Å². The van der Waals surface area contributed by atoms with Gasteiger partial charge in [-0.3, -0.25) is 4.79 Å². The highest BCUT2D eigenvalue weighted by molar-refractivity contribution is 7.96. The molecule has 0 heterocycles. The first-order valence-electron chi connectivity index (χ1n) is 8.47. The molecule has 0 N–H and O–H groups in total. The van der Waals surface area contributed by atoms with Gasteiger partial charge in [-0.25, -0.2) is 0 Å². The zero-order valence-corrected chi connectivity index (χ0v) is 16.9. The lowest BCUT2D eigenvalue weighted by molar-refractivity contribution is -0.150. The summed E-state index contributed by atoms with van der Waals surface area (Å²) < 4.78 is 10.2. The van der Waals surface area contributed by atoms with Crippen LogP contribution in [0.2, 0.25) is 0 Å². The first-order chi connectivity index (χ1) is 12.8. The van der Waals surface area contributed by atoms with Crippen molar-refractivity contribution in [2.45, 2.75) is 0 Å². The number of esters is 1. The Bertz CT molecular complexity index is 729. The quantitative estimate of drug-likeness (QED) is 0.345. The third kappa shape index (κ3) is 4.75. The average Bonchev–Trinajstić information content (AvgIpc) is 2.72. The lowest BCUT2D eigenvalue weighted by atomic mass is 10.4. The zero-order valence-electron chi connectivity index (χ0n) is 15.2. The Balaban J connectivity index is 0.00000261. The minimum atomic E-state index is -2.18. The molecule has 0 aliphatic carbocycles. The van der Waals surface area contributed by atoms with Crippen LogP contribution in [0, 0.1) is 0 Å². The molecule has 0 bridgehead atoms. The smallest absolute Gasteiger partial charge is 0.312 e. The molecule has 0 unspecified atom stereocenters. The van der Waals surface area contributed by atoms with Crippen LogP contribution in [0.3, 0.4) is 0 Å². The minimum Gasteiger partial charge on any atom is -0.438 e. The Morgan fingerprint density at radius 1 is 0.741 bits per heavy atom. The summed E-state index contributed by atoms with van der Waals surface area (Å²) in [4.78, 5) is 12.7. The number of methoxy groups -OCH3 is 1. The van der Waals surface area contributed by atoms with E-state index in [1.165, 1.54) is 7.11 Å². The van der Waals surface area contributed by atoms with Crippen LogP contribution in [-0.4, -0.2) is 26.0 Å². The second-order valence-corrected chi connectivity index (χ2v) is 9.38. The van der Waals surface area contributed by atoms with E-state index in [1.807, 2.05) is 54.6 Å². The van der Waals surface area contributed by atoms with Crippen LogP contribution < -0.4 is 15.9 Å². The van der Waals surface area contributed by atoms with Gasteiger partial charge < -0.3 is 9.47 Å². The Kier molecular flexibility index (Phi) is 7.99. The van der Waals surface area contributed by atoms with Crippen molar-refractivity contribution in [2.75, 3.05) is 20.1 Å². The molecule has 27 heavy (non-hydrogen) atoms. The number of ether oxygens (including phenoxy) is 2. The molecule has 3 aromatic rings.